The third-order valence-electron chi connectivity index (χ3n) is 3.46. The van der Waals surface area contributed by atoms with Crippen molar-refractivity contribution in [3.05, 3.63) is 22.7 Å². The van der Waals surface area contributed by atoms with Gasteiger partial charge in [-0.25, -0.2) is 17.8 Å². The maximum atomic E-state index is 13.6. The van der Waals surface area contributed by atoms with Crippen LogP contribution < -0.4 is 0 Å². The van der Waals surface area contributed by atoms with Gasteiger partial charge in [-0.3, -0.25) is 4.79 Å². The molecule has 6 nitrogen and oxygen atoms in total. The van der Waals surface area contributed by atoms with E-state index < -0.39 is 34.8 Å². The van der Waals surface area contributed by atoms with Crippen molar-refractivity contribution in [1.82, 2.24) is 9.29 Å². The third kappa shape index (κ3) is 2.37. The molecule has 1 aromatic carbocycles. The van der Waals surface area contributed by atoms with Crippen LogP contribution in [0.5, 0.6) is 0 Å². The molecule has 0 saturated carbocycles. The number of carboxylic acid groups (broad SMARTS) is 1. The van der Waals surface area contributed by atoms with E-state index in [1.165, 1.54) is 22.9 Å². The van der Waals surface area contributed by atoms with Gasteiger partial charge in [0.1, 0.15) is 22.6 Å². The lowest BCUT2D eigenvalue weighted by molar-refractivity contribution is -0.140. The van der Waals surface area contributed by atoms with Crippen LogP contribution in [0.25, 0.3) is 10.2 Å². The summed E-state index contributed by atoms with van der Waals surface area (Å²) in [5.41, 5.74) is 1.64. The highest BCUT2D eigenvalue weighted by atomic mass is 35.5. The van der Waals surface area contributed by atoms with Crippen LogP contribution in [0.3, 0.4) is 0 Å². The maximum absolute atomic E-state index is 13.6. The highest BCUT2D eigenvalue weighted by molar-refractivity contribution is 7.89. The average Bonchev–Trinajstić information content (AvgIpc) is 3.04. The Kier molecular flexibility index (Phi) is 3.84. The average molecular weight is 365 g/mol. The van der Waals surface area contributed by atoms with Gasteiger partial charge in [-0.15, -0.1) is 11.3 Å². The SMILES string of the molecule is O=C(O)[C@@H]1C[C@H](F)CN1S(=O)(=O)c1c(Cl)ccc2scnc12. The summed E-state index contributed by atoms with van der Waals surface area (Å²) in [6, 6.07) is 1.60. The summed E-state index contributed by atoms with van der Waals surface area (Å²) in [4.78, 5) is 14.9. The van der Waals surface area contributed by atoms with Crippen LogP contribution in [0.4, 0.5) is 4.39 Å². The van der Waals surface area contributed by atoms with Crippen LogP contribution >= 0.6 is 22.9 Å². The van der Waals surface area contributed by atoms with Crippen molar-refractivity contribution in [3.63, 3.8) is 0 Å². The smallest absolute Gasteiger partial charge is 0.322 e. The third-order valence-corrected chi connectivity index (χ3v) is 6.64. The Balaban J connectivity index is 2.18. The number of fused-ring (bicyclic) bond motifs is 1. The molecular weight excluding hydrogens is 355 g/mol. The molecule has 0 bridgehead atoms. The van der Waals surface area contributed by atoms with Crippen molar-refractivity contribution in [2.75, 3.05) is 6.54 Å². The highest BCUT2D eigenvalue weighted by Crippen LogP contribution is 2.36. The number of benzene rings is 1. The molecule has 1 saturated heterocycles. The number of hydrogen-bond acceptors (Lipinski definition) is 5. The quantitative estimate of drug-likeness (QED) is 0.901. The first-order valence-corrected chi connectivity index (χ1v) is 8.92. The van der Waals surface area contributed by atoms with Crippen molar-refractivity contribution < 1.29 is 22.7 Å². The first-order valence-electron chi connectivity index (χ1n) is 6.23. The molecule has 10 heteroatoms. The maximum Gasteiger partial charge on any atom is 0.322 e. The zero-order valence-electron chi connectivity index (χ0n) is 10.9. The standard InChI is InChI=1S/C12H10ClFN2O4S2/c13-7-1-2-9-10(15-5-21-9)11(7)22(19,20)16-4-6(14)3-8(16)12(17)18/h1-2,5-6,8H,3-4H2,(H,17,18)/t6-,8-/m0/s1. The van der Waals surface area contributed by atoms with Gasteiger partial charge in [0.2, 0.25) is 10.0 Å². The number of thiazole rings is 1. The molecule has 22 heavy (non-hydrogen) atoms. The van der Waals surface area contributed by atoms with Gasteiger partial charge in [-0.2, -0.15) is 4.31 Å². The zero-order chi connectivity index (χ0) is 16.1. The molecular formula is C12H10ClFN2O4S2. The van der Waals surface area contributed by atoms with E-state index in [2.05, 4.69) is 4.98 Å². The second kappa shape index (κ2) is 5.41. The Morgan fingerprint density at radius 1 is 1.50 bits per heavy atom. The Labute approximate surface area is 134 Å². The summed E-state index contributed by atoms with van der Waals surface area (Å²) < 4.78 is 40.4. The number of aromatic nitrogens is 1. The summed E-state index contributed by atoms with van der Waals surface area (Å²) in [5, 5.41) is 9.07. The van der Waals surface area contributed by atoms with E-state index in [0.717, 1.165) is 0 Å². The lowest BCUT2D eigenvalue weighted by Gasteiger charge is -2.21. The molecule has 0 aliphatic carbocycles. The monoisotopic (exact) mass is 364 g/mol. The molecule has 2 atom stereocenters. The van der Waals surface area contributed by atoms with Crippen molar-refractivity contribution >= 4 is 49.1 Å². The minimum atomic E-state index is -4.27. The van der Waals surface area contributed by atoms with Gasteiger partial charge in [0.05, 0.1) is 15.2 Å². The number of sulfonamides is 1. The van der Waals surface area contributed by atoms with Crippen LogP contribution in [0.15, 0.2) is 22.5 Å². The van der Waals surface area contributed by atoms with Gasteiger partial charge in [0.25, 0.3) is 0 Å². The topological polar surface area (TPSA) is 87.6 Å². The van der Waals surface area contributed by atoms with E-state index in [9.17, 15) is 17.6 Å². The second-order valence-electron chi connectivity index (χ2n) is 4.84. The Hall–Kier alpha value is -1.29. The Bertz CT molecular complexity index is 854. The van der Waals surface area contributed by atoms with E-state index in [1.807, 2.05) is 0 Å². The molecule has 2 aromatic rings. The molecule has 1 fully saturated rings. The number of nitrogens with zero attached hydrogens (tertiary/aromatic N) is 2. The number of hydrogen-bond donors (Lipinski definition) is 1. The molecule has 3 rings (SSSR count). The summed E-state index contributed by atoms with van der Waals surface area (Å²) in [5.74, 6) is -1.38. The van der Waals surface area contributed by atoms with E-state index in [0.29, 0.717) is 9.01 Å². The molecule has 118 valence electrons. The summed E-state index contributed by atoms with van der Waals surface area (Å²) in [6.07, 6.45) is -1.90. The Morgan fingerprint density at radius 2 is 2.23 bits per heavy atom. The van der Waals surface area contributed by atoms with Crippen LogP contribution in [-0.2, 0) is 14.8 Å². The van der Waals surface area contributed by atoms with Gasteiger partial charge < -0.3 is 5.11 Å². The van der Waals surface area contributed by atoms with Crippen LogP contribution in [0.1, 0.15) is 6.42 Å². The van der Waals surface area contributed by atoms with E-state index in [1.54, 1.807) is 6.07 Å². The van der Waals surface area contributed by atoms with Gasteiger partial charge >= 0.3 is 5.97 Å². The van der Waals surface area contributed by atoms with Crippen molar-refractivity contribution in [1.29, 1.82) is 0 Å². The number of carbonyl (C=O) groups is 1. The fourth-order valence-electron chi connectivity index (χ4n) is 2.49. The van der Waals surface area contributed by atoms with Gasteiger partial charge in [0.15, 0.2) is 0 Å². The Morgan fingerprint density at radius 3 is 2.91 bits per heavy atom. The predicted octanol–water partition coefficient (Wildman–Crippen LogP) is 2.14. The lowest BCUT2D eigenvalue weighted by Crippen LogP contribution is -2.40. The van der Waals surface area contributed by atoms with Crippen molar-refractivity contribution in [2.24, 2.45) is 0 Å². The van der Waals surface area contributed by atoms with Crippen molar-refractivity contribution in [3.8, 4) is 0 Å². The minimum Gasteiger partial charge on any atom is -0.480 e. The lowest BCUT2D eigenvalue weighted by atomic mass is 10.2. The molecule has 1 aliphatic rings. The largest absolute Gasteiger partial charge is 0.480 e. The second-order valence-corrected chi connectivity index (χ2v) is 7.96. The molecule has 0 radical (unpaired) electrons. The number of carboxylic acids is 1. The molecule has 0 spiro atoms. The zero-order valence-corrected chi connectivity index (χ0v) is 13.3. The summed E-state index contributed by atoms with van der Waals surface area (Å²) in [7, 11) is -4.27. The minimum absolute atomic E-state index is 0.0650. The van der Waals surface area contributed by atoms with Gasteiger partial charge in [-0.1, -0.05) is 11.6 Å². The fraction of sp³-hybridized carbons (Fsp3) is 0.333. The van der Waals surface area contributed by atoms with E-state index >= 15 is 0 Å². The van der Waals surface area contributed by atoms with Gasteiger partial charge in [0, 0.05) is 13.0 Å². The predicted molar refractivity (Wildman–Crippen MR) is 79.5 cm³/mol. The normalized spacial score (nSPS) is 23.2. The molecule has 1 aliphatic heterocycles. The van der Waals surface area contributed by atoms with Crippen LogP contribution in [-0.4, -0.2) is 47.5 Å². The first-order chi connectivity index (χ1) is 10.3. The van der Waals surface area contributed by atoms with Gasteiger partial charge in [-0.05, 0) is 12.1 Å². The fourth-order valence-corrected chi connectivity index (χ4v) is 5.51. The number of rotatable bonds is 3. The molecule has 0 amide bonds. The van der Waals surface area contributed by atoms with Crippen LogP contribution in [0, 0.1) is 0 Å². The molecule has 0 unspecified atom stereocenters. The first kappa shape index (κ1) is 15.6. The van der Waals surface area contributed by atoms with E-state index in [4.69, 9.17) is 16.7 Å². The summed E-state index contributed by atoms with van der Waals surface area (Å²) >= 11 is 7.24. The molecule has 1 N–H and O–H groups in total. The number of alkyl halides is 1. The molecule has 2 heterocycles. The number of aliphatic carboxylic acids is 1. The van der Waals surface area contributed by atoms with Crippen LogP contribution in [0.2, 0.25) is 5.02 Å². The number of halogens is 2. The van der Waals surface area contributed by atoms with Crippen molar-refractivity contribution in [2.45, 2.75) is 23.5 Å². The summed E-state index contributed by atoms with van der Waals surface area (Å²) in [6.45, 7) is -0.504. The molecule has 1 aromatic heterocycles. The highest BCUT2D eigenvalue weighted by Gasteiger charge is 2.45. The van der Waals surface area contributed by atoms with E-state index in [-0.39, 0.29) is 21.9 Å².